The Kier molecular flexibility index (Phi) is 6.72. The molecule has 0 atom stereocenters. The number of carbonyl (C=O) groups is 2. The van der Waals surface area contributed by atoms with Gasteiger partial charge in [-0.25, -0.2) is 0 Å². The Morgan fingerprint density at radius 3 is 2.61 bits per heavy atom. The van der Waals surface area contributed by atoms with Gasteiger partial charge in [0.1, 0.15) is 12.3 Å². The molecule has 0 radical (unpaired) electrons. The number of fused-ring (bicyclic) bond motifs is 1. The molecular weight excluding hydrogens is 423 g/mol. The van der Waals surface area contributed by atoms with E-state index in [0.29, 0.717) is 26.1 Å². The molecule has 0 N–H and O–H groups in total. The van der Waals surface area contributed by atoms with Gasteiger partial charge in [-0.05, 0) is 24.3 Å². The molecule has 1 heterocycles. The lowest BCUT2D eigenvalue weighted by Crippen LogP contribution is -2.22. The zero-order valence-corrected chi connectivity index (χ0v) is 17.2. The zero-order chi connectivity index (χ0) is 20.1. The summed E-state index contributed by atoms with van der Waals surface area (Å²) in [5, 5.41) is 0.639. The van der Waals surface area contributed by atoms with Crippen LogP contribution in [-0.4, -0.2) is 30.2 Å². The van der Waals surface area contributed by atoms with Crippen LogP contribution in [0, 0.1) is 0 Å². The van der Waals surface area contributed by atoms with Gasteiger partial charge in [0.25, 0.3) is 5.91 Å². The van der Waals surface area contributed by atoms with Gasteiger partial charge in [0, 0.05) is 0 Å². The number of carbonyl (C=O) groups excluding carboxylic acids is 2. The van der Waals surface area contributed by atoms with Crippen molar-refractivity contribution >= 4 is 56.6 Å². The van der Waals surface area contributed by atoms with Gasteiger partial charge in [-0.2, -0.15) is 4.99 Å². The fourth-order valence-electron chi connectivity index (χ4n) is 2.46. The van der Waals surface area contributed by atoms with E-state index in [9.17, 15) is 9.59 Å². The molecule has 0 bridgehead atoms. The molecule has 0 unspecified atom stereocenters. The van der Waals surface area contributed by atoms with Crippen LogP contribution in [0.15, 0.2) is 47.5 Å². The Morgan fingerprint density at radius 1 is 1.14 bits per heavy atom. The molecule has 1 amide bonds. The number of benzene rings is 2. The van der Waals surface area contributed by atoms with Gasteiger partial charge >= 0.3 is 5.97 Å². The van der Waals surface area contributed by atoms with Crippen LogP contribution in [0.5, 0.6) is 5.75 Å². The second-order valence-electron chi connectivity index (χ2n) is 5.67. The van der Waals surface area contributed by atoms with E-state index in [2.05, 4.69) is 4.99 Å². The summed E-state index contributed by atoms with van der Waals surface area (Å²) < 4.78 is 12.6. The first-order chi connectivity index (χ1) is 13.5. The average molecular weight is 439 g/mol. The van der Waals surface area contributed by atoms with Crippen molar-refractivity contribution in [2.75, 3.05) is 13.7 Å². The first-order valence-electron chi connectivity index (χ1n) is 8.29. The highest BCUT2D eigenvalue weighted by molar-refractivity contribution is 7.16. The van der Waals surface area contributed by atoms with Crippen LogP contribution in [0.4, 0.5) is 0 Å². The number of aromatic nitrogens is 1. The van der Waals surface area contributed by atoms with Crippen molar-refractivity contribution in [3.8, 4) is 5.75 Å². The molecule has 0 aliphatic rings. The lowest BCUT2D eigenvalue weighted by atomic mass is 10.3. The van der Waals surface area contributed by atoms with Crippen LogP contribution in [0.2, 0.25) is 10.0 Å². The lowest BCUT2D eigenvalue weighted by molar-refractivity contribution is -0.141. The minimum Gasteiger partial charge on any atom is -0.493 e. The van der Waals surface area contributed by atoms with E-state index in [1.54, 1.807) is 12.1 Å². The van der Waals surface area contributed by atoms with Gasteiger partial charge < -0.3 is 14.0 Å². The smallest absolute Gasteiger partial charge is 0.325 e. The first kappa shape index (κ1) is 20.4. The quantitative estimate of drug-likeness (QED) is 0.543. The van der Waals surface area contributed by atoms with Crippen LogP contribution in [0.3, 0.4) is 0 Å². The molecule has 1 aromatic heterocycles. The van der Waals surface area contributed by atoms with E-state index >= 15 is 0 Å². The second kappa shape index (κ2) is 9.23. The minimum atomic E-state index is -0.489. The summed E-state index contributed by atoms with van der Waals surface area (Å²) in [6, 6.07) is 12.6. The fraction of sp³-hybridized carbons (Fsp3) is 0.211. The van der Waals surface area contributed by atoms with E-state index in [4.69, 9.17) is 32.7 Å². The summed E-state index contributed by atoms with van der Waals surface area (Å²) in [6.45, 7) is 0.0595. The molecule has 0 fully saturated rings. The highest BCUT2D eigenvalue weighted by Gasteiger charge is 2.16. The molecule has 146 valence electrons. The largest absolute Gasteiger partial charge is 0.493 e. The lowest BCUT2D eigenvalue weighted by Gasteiger charge is -2.06. The van der Waals surface area contributed by atoms with Crippen molar-refractivity contribution in [2.45, 2.75) is 13.0 Å². The van der Waals surface area contributed by atoms with Crippen molar-refractivity contribution < 1.29 is 19.1 Å². The van der Waals surface area contributed by atoms with Crippen molar-refractivity contribution in [1.82, 2.24) is 4.57 Å². The molecule has 3 rings (SSSR count). The van der Waals surface area contributed by atoms with Crippen LogP contribution in [-0.2, 0) is 20.9 Å². The summed E-state index contributed by atoms with van der Waals surface area (Å²) in [4.78, 5) is 28.6. The third kappa shape index (κ3) is 4.73. The molecule has 0 aliphatic carbocycles. The molecule has 28 heavy (non-hydrogen) atoms. The van der Waals surface area contributed by atoms with E-state index in [1.165, 1.54) is 23.0 Å². The first-order valence-corrected chi connectivity index (χ1v) is 9.86. The zero-order valence-electron chi connectivity index (χ0n) is 14.9. The van der Waals surface area contributed by atoms with Crippen molar-refractivity contribution in [3.63, 3.8) is 0 Å². The number of halogens is 2. The standard InChI is InChI=1S/C19H16Cl2N2O4S/c1-26-16(25)11-23-18-14(8-7-13(20)17(18)21)28-19(23)22-15(24)9-10-27-12-5-3-2-4-6-12/h2-8H,9-11H2,1H3. The number of thiazole rings is 1. The molecule has 0 spiro atoms. The normalized spacial score (nSPS) is 11.6. The van der Waals surface area contributed by atoms with Crippen LogP contribution in [0.1, 0.15) is 6.42 Å². The highest BCUT2D eigenvalue weighted by Crippen LogP contribution is 2.32. The number of hydrogen-bond donors (Lipinski definition) is 0. The van der Waals surface area contributed by atoms with E-state index in [0.717, 1.165) is 4.70 Å². The Hall–Kier alpha value is -2.35. The molecule has 0 aliphatic heterocycles. The third-order valence-corrected chi connectivity index (χ3v) is 5.64. The minimum absolute atomic E-state index is 0.0931. The summed E-state index contributed by atoms with van der Waals surface area (Å²) in [7, 11) is 1.29. The molecule has 0 saturated carbocycles. The van der Waals surface area contributed by atoms with Gasteiger partial charge in [0.05, 0.1) is 40.4 Å². The van der Waals surface area contributed by atoms with Gasteiger partial charge in [-0.3, -0.25) is 9.59 Å². The predicted octanol–water partition coefficient (Wildman–Crippen LogP) is 4.08. The van der Waals surface area contributed by atoms with Crippen LogP contribution < -0.4 is 9.54 Å². The van der Waals surface area contributed by atoms with Crippen molar-refractivity contribution in [3.05, 3.63) is 57.3 Å². The van der Waals surface area contributed by atoms with Gasteiger partial charge in [-0.15, -0.1) is 0 Å². The van der Waals surface area contributed by atoms with Crippen molar-refractivity contribution in [2.24, 2.45) is 4.99 Å². The topological polar surface area (TPSA) is 69.9 Å². The number of nitrogens with zero attached hydrogens (tertiary/aromatic N) is 2. The number of esters is 1. The average Bonchev–Trinajstić information content (AvgIpc) is 3.03. The summed E-state index contributed by atoms with van der Waals surface area (Å²) in [5.74, 6) is -0.181. The second-order valence-corrected chi connectivity index (χ2v) is 7.47. The molecular formula is C19H16Cl2N2O4S. The molecule has 9 heteroatoms. The molecule has 0 saturated heterocycles. The van der Waals surface area contributed by atoms with Gasteiger partial charge in [0.15, 0.2) is 4.80 Å². The van der Waals surface area contributed by atoms with E-state index < -0.39 is 5.97 Å². The summed E-state index contributed by atoms with van der Waals surface area (Å²) in [5.41, 5.74) is 0.539. The Morgan fingerprint density at radius 2 is 1.89 bits per heavy atom. The highest BCUT2D eigenvalue weighted by atomic mass is 35.5. The van der Waals surface area contributed by atoms with E-state index in [1.807, 2.05) is 30.3 Å². The molecule has 6 nitrogen and oxygen atoms in total. The predicted molar refractivity (Wildman–Crippen MR) is 109 cm³/mol. The number of para-hydroxylation sites is 1. The fourth-order valence-corrected chi connectivity index (χ4v) is 3.99. The number of hydrogen-bond acceptors (Lipinski definition) is 5. The monoisotopic (exact) mass is 438 g/mol. The Bertz CT molecular complexity index is 1080. The molecule has 3 aromatic rings. The number of rotatable bonds is 6. The summed E-state index contributed by atoms with van der Waals surface area (Å²) in [6.07, 6.45) is 0.0931. The Balaban J connectivity index is 1.87. The van der Waals surface area contributed by atoms with Gasteiger partial charge in [-0.1, -0.05) is 52.7 Å². The molecule has 2 aromatic carbocycles. The number of methoxy groups -OCH3 is 1. The van der Waals surface area contributed by atoms with Gasteiger partial charge in [0.2, 0.25) is 0 Å². The maximum absolute atomic E-state index is 12.3. The SMILES string of the molecule is COC(=O)Cn1c(=NC(=O)CCOc2ccccc2)sc2ccc(Cl)c(Cl)c21. The Labute approximate surface area is 174 Å². The summed E-state index contributed by atoms with van der Waals surface area (Å²) >= 11 is 13.7. The number of amides is 1. The van der Waals surface area contributed by atoms with Crippen LogP contribution >= 0.6 is 34.5 Å². The van der Waals surface area contributed by atoms with E-state index in [-0.39, 0.29) is 25.5 Å². The maximum Gasteiger partial charge on any atom is 0.325 e. The number of ether oxygens (including phenoxy) is 2. The van der Waals surface area contributed by atoms with Crippen molar-refractivity contribution in [1.29, 1.82) is 0 Å². The van der Waals surface area contributed by atoms with Crippen LogP contribution in [0.25, 0.3) is 10.2 Å². The maximum atomic E-state index is 12.3. The third-order valence-electron chi connectivity index (χ3n) is 3.80.